The minimum atomic E-state index is -0.440. The Morgan fingerprint density at radius 2 is 1.97 bits per heavy atom. The van der Waals surface area contributed by atoms with Crippen molar-refractivity contribution in [3.63, 3.8) is 0 Å². The second-order valence-corrected chi connectivity index (χ2v) is 9.18. The van der Waals surface area contributed by atoms with Crippen molar-refractivity contribution in [2.75, 3.05) is 16.8 Å². The second-order valence-electron chi connectivity index (χ2n) is 8.77. The van der Waals surface area contributed by atoms with Gasteiger partial charge in [-0.15, -0.1) is 0 Å². The molecule has 1 atom stereocenters. The highest BCUT2D eigenvalue weighted by Crippen LogP contribution is 2.45. The van der Waals surface area contributed by atoms with Gasteiger partial charge >= 0.3 is 0 Å². The van der Waals surface area contributed by atoms with Crippen LogP contribution in [0, 0.1) is 11.3 Å². The molecule has 0 fully saturated rings. The molecular formula is C26H30ClN3O. The highest BCUT2D eigenvalue weighted by atomic mass is 35.5. The van der Waals surface area contributed by atoms with Crippen LogP contribution in [-0.2, 0) is 11.2 Å². The van der Waals surface area contributed by atoms with Gasteiger partial charge in [0, 0.05) is 28.5 Å². The lowest BCUT2D eigenvalue weighted by molar-refractivity contribution is -0.112. The van der Waals surface area contributed by atoms with Crippen LogP contribution in [0.5, 0.6) is 0 Å². The molecule has 0 radical (unpaired) electrons. The summed E-state index contributed by atoms with van der Waals surface area (Å²) in [6, 6.07) is 13.7. The number of amides is 1. The van der Waals surface area contributed by atoms with Crippen molar-refractivity contribution < 1.29 is 4.79 Å². The molecule has 0 aliphatic carbocycles. The van der Waals surface area contributed by atoms with Crippen LogP contribution in [0.1, 0.15) is 63.6 Å². The second kappa shape index (κ2) is 9.16. The number of rotatable bonds is 5. The molecule has 3 rings (SSSR count). The highest BCUT2D eigenvalue weighted by molar-refractivity contribution is 6.32. The number of fused-ring (bicyclic) bond motifs is 1. The number of carbonyl (C=O) groups excluding carboxylic acids is 1. The molecule has 0 saturated carbocycles. The first-order valence-corrected chi connectivity index (χ1v) is 11.2. The molecule has 31 heavy (non-hydrogen) atoms. The van der Waals surface area contributed by atoms with Gasteiger partial charge < -0.3 is 10.2 Å². The van der Waals surface area contributed by atoms with Gasteiger partial charge in [0.2, 0.25) is 0 Å². The Morgan fingerprint density at radius 3 is 2.55 bits per heavy atom. The number of aryl methyl sites for hydroxylation is 1. The first kappa shape index (κ1) is 22.9. The molecule has 1 heterocycles. The fourth-order valence-corrected chi connectivity index (χ4v) is 4.77. The van der Waals surface area contributed by atoms with Crippen LogP contribution in [0.4, 0.5) is 11.4 Å². The standard InChI is InChI=1S/C26H30ClN3O/c1-6-18-8-10-21(11-9-18)29-25(31)20(16-28)12-19-13-22-17(3)15-26(4,5)30(7-2)24(22)14-23(19)27/h8-14,17H,6-7,15H2,1-5H3,(H,29,31)/b20-12+. The third-order valence-electron chi connectivity index (χ3n) is 6.11. The molecule has 0 aromatic heterocycles. The van der Waals surface area contributed by atoms with Gasteiger partial charge in [0.25, 0.3) is 5.91 Å². The number of nitriles is 1. The van der Waals surface area contributed by atoms with Crippen molar-refractivity contribution in [1.82, 2.24) is 0 Å². The number of hydrogen-bond donors (Lipinski definition) is 1. The van der Waals surface area contributed by atoms with E-state index in [-0.39, 0.29) is 11.1 Å². The maximum Gasteiger partial charge on any atom is 0.266 e. The van der Waals surface area contributed by atoms with Crippen LogP contribution in [0.15, 0.2) is 42.0 Å². The van der Waals surface area contributed by atoms with Gasteiger partial charge in [0.05, 0.1) is 0 Å². The Kier molecular flexibility index (Phi) is 6.77. The van der Waals surface area contributed by atoms with E-state index in [0.29, 0.717) is 22.2 Å². The van der Waals surface area contributed by atoms with Crippen molar-refractivity contribution in [3.05, 3.63) is 63.7 Å². The number of halogens is 1. The average Bonchev–Trinajstić information content (AvgIpc) is 2.72. The van der Waals surface area contributed by atoms with E-state index in [4.69, 9.17) is 11.6 Å². The van der Waals surface area contributed by atoms with Gasteiger partial charge in [0.1, 0.15) is 11.6 Å². The topological polar surface area (TPSA) is 56.1 Å². The molecule has 5 heteroatoms. The molecule has 1 unspecified atom stereocenters. The summed E-state index contributed by atoms with van der Waals surface area (Å²) in [5, 5.41) is 13.0. The number of benzene rings is 2. The predicted molar refractivity (Wildman–Crippen MR) is 130 cm³/mol. The summed E-state index contributed by atoms with van der Waals surface area (Å²) in [4.78, 5) is 15.1. The summed E-state index contributed by atoms with van der Waals surface area (Å²) in [7, 11) is 0. The molecule has 1 amide bonds. The number of anilines is 2. The molecule has 2 aromatic rings. The monoisotopic (exact) mass is 435 g/mol. The van der Waals surface area contributed by atoms with E-state index in [2.05, 4.69) is 44.8 Å². The van der Waals surface area contributed by atoms with Gasteiger partial charge in [-0.25, -0.2) is 0 Å². The Labute approximate surface area is 190 Å². The van der Waals surface area contributed by atoms with Crippen LogP contribution < -0.4 is 10.2 Å². The maximum absolute atomic E-state index is 12.7. The molecule has 1 N–H and O–H groups in total. The van der Waals surface area contributed by atoms with E-state index in [1.165, 1.54) is 11.1 Å². The van der Waals surface area contributed by atoms with Crippen LogP contribution in [0.3, 0.4) is 0 Å². The fourth-order valence-electron chi connectivity index (χ4n) is 4.56. The zero-order valence-electron chi connectivity index (χ0n) is 18.9. The Balaban J connectivity index is 1.93. The minimum Gasteiger partial charge on any atom is -0.366 e. The van der Waals surface area contributed by atoms with Gasteiger partial charge in [-0.1, -0.05) is 37.6 Å². The van der Waals surface area contributed by atoms with Gasteiger partial charge in [-0.05, 0) is 86.6 Å². The fraction of sp³-hybridized carbons (Fsp3) is 0.385. The van der Waals surface area contributed by atoms with Gasteiger partial charge in [-0.2, -0.15) is 5.26 Å². The smallest absolute Gasteiger partial charge is 0.266 e. The molecule has 4 nitrogen and oxygen atoms in total. The Hall–Kier alpha value is -2.77. The maximum atomic E-state index is 12.7. The highest BCUT2D eigenvalue weighted by Gasteiger charge is 2.35. The van der Waals surface area contributed by atoms with E-state index < -0.39 is 5.91 Å². The number of nitrogens with zero attached hydrogens (tertiary/aromatic N) is 2. The molecule has 0 bridgehead atoms. The van der Waals surface area contributed by atoms with Crippen LogP contribution in [0.25, 0.3) is 6.08 Å². The quantitative estimate of drug-likeness (QED) is 0.427. The normalized spacial score (nSPS) is 17.6. The number of hydrogen-bond acceptors (Lipinski definition) is 3. The van der Waals surface area contributed by atoms with Gasteiger partial charge in [0.15, 0.2) is 0 Å². The molecule has 0 saturated heterocycles. The lowest BCUT2D eigenvalue weighted by Gasteiger charge is -2.47. The first-order valence-electron chi connectivity index (χ1n) is 10.8. The molecule has 1 aliphatic rings. The van der Waals surface area contributed by atoms with E-state index in [1.54, 1.807) is 6.08 Å². The zero-order chi connectivity index (χ0) is 22.8. The number of carbonyl (C=O) groups is 1. The summed E-state index contributed by atoms with van der Waals surface area (Å²) in [5.74, 6) is -0.0847. The van der Waals surface area contributed by atoms with Crippen LogP contribution >= 0.6 is 11.6 Å². The number of nitrogens with one attached hydrogen (secondary N) is 1. The van der Waals surface area contributed by atoms with E-state index >= 15 is 0 Å². The van der Waals surface area contributed by atoms with E-state index in [0.717, 1.165) is 25.1 Å². The molecule has 2 aromatic carbocycles. The van der Waals surface area contributed by atoms with Crippen LogP contribution in [0.2, 0.25) is 5.02 Å². The average molecular weight is 436 g/mol. The van der Waals surface area contributed by atoms with Crippen LogP contribution in [-0.4, -0.2) is 18.0 Å². The Morgan fingerprint density at radius 1 is 1.29 bits per heavy atom. The van der Waals surface area contributed by atoms with Crippen molar-refractivity contribution in [1.29, 1.82) is 5.26 Å². The molecule has 0 spiro atoms. The lowest BCUT2D eigenvalue weighted by Crippen LogP contribution is -2.48. The molecule has 1 aliphatic heterocycles. The van der Waals surface area contributed by atoms with Crippen molar-refractivity contribution in [2.45, 2.75) is 58.9 Å². The van der Waals surface area contributed by atoms with Crippen molar-refractivity contribution in [3.8, 4) is 6.07 Å². The summed E-state index contributed by atoms with van der Waals surface area (Å²) >= 11 is 6.61. The Bertz CT molecular complexity index is 1050. The third kappa shape index (κ3) is 4.78. The summed E-state index contributed by atoms with van der Waals surface area (Å²) in [5.41, 5.74) is 4.95. The predicted octanol–water partition coefficient (Wildman–Crippen LogP) is 6.56. The lowest BCUT2D eigenvalue weighted by atomic mass is 9.79. The summed E-state index contributed by atoms with van der Waals surface area (Å²) in [6.45, 7) is 11.8. The zero-order valence-corrected chi connectivity index (χ0v) is 19.7. The minimum absolute atomic E-state index is 0.0255. The molecule has 162 valence electrons. The molecular weight excluding hydrogens is 406 g/mol. The SMILES string of the molecule is CCc1ccc(NC(=O)/C(C#N)=C/c2cc3c(cc2Cl)N(CC)C(C)(C)CC3C)cc1. The first-order chi connectivity index (χ1) is 14.7. The summed E-state index contributed by atoms with van der Waals surface area (Å²) in [6.07, 6.45) is 3.54. The van der Waals surface area contributed by atoms with Crippen molar-refractivity contribution >= 4 is 35.0 Å². The van der Waals surface area contributed by atoms with E-state index in [9.17, 15) is 10.1 Å². The summed E-state index contributed by atoms with van der Waals surface area (Å²) < 4.78 is 0. The van der Waals surface area contributed by atoms with Gasteiger partial charge in [-0.3, -0.25) is 4.79 Å². The van der Waals surface area contributed by atoms with Crippen molar-refractivity contribution in [2.24, 2.45) is 0 Å². The van der Waals surface area contributed by atoms with E-state index in [1.807, 2.05) is 42.5 Å². The third-order valence-corrected chi connectivity index (χ3v) is 6.43. The largest absolute Gasteiger partial charge is 0.366 e.